The number of anilines is 3. The van der Waals surface area contributed by atoms with Crippen molar-refractivity contribution in [1.82, 2.24) is 0 Å². The highest BCUT2D eigenvalue weighted by Gasteiger charge is 2.17. The summed E-state index contributed by atoms with van der Waals surface area (Å²) in [7, 11) is 1.67. The van der Waals surface area contributed by atoms with Gasteiger partial charge in [0.1, 0.15) is 11.5 Å². The molecule has 5 rings (SSSR count). The number of rotatable bonds is 13. The van der Waals surface area contributed by atoms with Crippen LogP contribution in [-0.2, 0) is 16.0 Å². The van der Waals surface area contributed by atoms with E-state index in [4.69, 9.17) is 14.2 Å². The zero-order chi connectivity index (χ0) is 33.2. The lowest BCUT2D eigenvalue weighted by molar-refractivity contribution is -0.120. The third-order valence-electron chi connectivity index (χ3n) is 8.13. The van der Waals surface area contributed by atoms with Crippen LogP contribution in [0.4, 0.5) is 21.9 Å². The highest BCUT2D eigenvalue weighted by molar-refractivity contribution is 5.79. The van der Waals surface area contributed by atoms with Gasteiger partial charge in [0.15, 0.2) is 12.4 Å². The lowest BCUT2D eigenvalue weighted by atomic mass is 9.86. The molecule has 0 spiro atoms. The fourth-order valence-electron chi connectivity index (χ4n) is 5.57. The summed E-state index contributed by atoms with van der Waals surface area (Å²) >= 11 is 0. The van der Waals surface area contributed by atoms with Crippen molar-refractivity contribution < 1.29 is 23.8 Å². The Balaban J connectivity index is 1.29. The van der Waals surface area contributed by atoms with Gasteiger partial charge in [-0.1, -0.05) is 71.8 Å². The first-order chi connectivity index (χ1) is 22.8. The summed E-state index contributed by atoms with van der Waals surface area (Å²) in [5.41, 5.74) is 9.40. The molecule has 6 nitrogen and oxygen atoms in total. The van der Waals surface area contributed by atoms with Gasteiger partial charge in [-0.05, 0) is 117 Å². The van der Waals surface area contributed by atoms with Crippen molar-refractivity contribution in [1.29, 1.82) is 0 Å². The van der Waals surface area contributed by atoms with Gasteiger partial charge in [-0.25, -0.2) is 4.79 Å². The quantitative estimate of drug-likeness (QED) is 0.0956. The summed E-state index contributed by atoms with van der Waals surface area (Å²) in [6.07, 6.45) is 1.94. The Kier molecular flexibility index (Phi) is 11.1. The highest BCUT2D eigenvalue weighted by atomic mass is 16.7. The van der Waals surface area contributed by atoms with Crippen LogP contribution < -0.4 is 14.4 Å². The molecule has 0 N–H and O–H groups in total. The first kappa shape index (κ1) is 33.0. The second-order valence-electron chi connectivity index (χ2n) is 11.8. The SMILES string of the molecule is COc1ccc(C(CCCc2ccc(N(c3ccc(C)cc3)c3ccc(C)cc3)cc2)c2ccc(OC(=O)OCC(C)=O)cc2)cc1. The van der Waals surface area contributed by atoms with Crippen LogP contribution in [0.25, 0.3) is 0 Å². The molecule has 5 aromatic carbocycles. The van der Waals surface area contributed by atoms with Crippen LogP contribution in [0.3, 0.4) is 0 Å². The molecular weight excluding hydrogens is 586 g/mol. The summed E-state index contributed by atoms with van der Waals surface area (Å²) in [6, 6.07) is 41.8. The van der Waals surface area contributed by atoms with E-state index in [1.54, 1.807) is 19.2 Å². The van der Waals surface area contributed by atoms with Crippen molar-refractivity contribution in [3.63, 3.8) is 0 Å². The molecule has 0 aliphatic carbocycles. The van der Waals surface area contributed by atoms with Crippen LogP contribution in [0.5, 0.6) is 11.5 Å². The van der Waals surface area contributed by atoms with E-state index in [1.165, 1.54) is 29.2 Å². The Hall–Kier alpha value is -5.36. The molecule has 0 aliphatic heterocycles. The summed E-state index contributed by atoms with van der Waals surface area (Å²) in [5.74, 6) is 1.06. The van der Waals surface area contributed by atoms with E-state index in [1.807, 2.05) is 24.3 Å². The van der Waals surface area contributed by atoms with Gasteiger partial charge in [-0.3, -0.25) is 4.79 Å². The maximum atomic E-state index is 11.9. The summed E-state index contributed by atoms with van der Waals surface area (Å²) in [6.45, 7) is 5.26. The Labute approximate surface area is 277 Å². The fraction of sp³-hybridized carbons (Fsp3) is 0.220. The number of ketones is 1. The topological polar surface area (TPSA) is 65.1 Å². The van der Waals surface area contributed by atoms with Gasteiger partial charge in [0.2, 0.25) is 0 Å². The minimum atomic E-state index is -0.897. The average Bonchev–Trinajstić information content (AvgIpc) is 3.09. The molecule has 0 saturated carbocycles. The van der Waals surface area contributed by atoms with Crippen LogP contribution in [-0.4, -0.2) is 25.7 Å². The number of aryl methyl sites for hydroxylation is 3. The Morgan fingerprint density at radius 1 is 0.638 bits per heavy atom. The number of nitrogens with zero attached hydrogens (tertiary/aromatic N) is 1. The van der Waals surface area contributed by atoms with Gasteiger partial charge in [0, 0.05) is 23.0 Å². The molecule has 0 aliphatic rings. The zero-order valence-corrected chi connectivity index (χ0v) is 27.4. The van der Waals surface area contributed by atoms with Gasteiger partial charge in [-0.2, -0.15) is 0 Å². The molecule has 1 unspecified atom stereocenters. The van der Waals surface area contributed by atoms with Gasteiger partial charge in [-0.15, -0.1) is 0 Å². The Morgan fingerprint density at radius 3 is 1.57 bits per heavy atom. The molecule has 6 heteroatoms. The number of hydrogen-bond acceptors (Lipinski definition) is 6. The van der Waals surface area contributed by atoms with E-state index in [9.17, 15) is 9.59 Å². The van der Waals surface area contributed by atoms with Crippen molar-refractivity contribution in [3.8, 4) is 11.5 Å². The predicted octanol–water partition coefficient (Wildman–Crippen LogP) is 10.0. The number of carbonyl (C=O) groups excluding carboxylic acids is 2. The Bertz CT molecular complexity index is 1700. The van der Waals surface area contributed by atoms with Gasteiger partial charge in [0.25, 0.3) is 0 Å². The normalized spacial score (nSPS) is 11.4. The second-order valence-corrected chi connectivity index (χ2v) is 11.8. The molecule has 0 heterocycles. The van der Waals surface area contributed by atoms with Crippen molar-refractivity contribution in [2.75, 3.05) is 18.6 Å². The van der Waals surface area contributed by atoms with Crippen molar-refractivity contribution in [2.24, 2.45) is 0 Å². The predicted molar refractivity (Wildman–Crippen MR) is 187 cm³/mol. The first-order valence-corrected chi connectivity index (χ1v) is 15.9. The molecule has 0 aromatic heterocycles. The van der Waals surface area contributed by atoms with Crippen LogP contribution in [0.2, 0.25) is 0 Å². The van der Waals surface area contributed by atoms with Crippen LogP contribution >= 0.6 is 0 Å². The number of ether oxygens (including phenoxy) is 3. The number of Topliss-reactive ketones (excluding diaryl/α,β-unsaturated/α-hetero) is 1. The van der Waals surface area contributed by atoms with E-state index < -0.39 is 6.16 Å². The number of benzene rings is 5. The van der Waals surface area contributed by atoms with E-state index in [-0.39, 0.29) is 18.3 Å². The zero-order valence-electron chi connectivity index (χ0n) is 27.4. The van der Waals surface area contributed by atoms with Gasteiger partial charge in [0.05, 0.1) is 7.11 Å². The molecule has 0 fully saturated rings. The summed E-state index contributed by atoms with van der Waals surface area (Å²) in [4.78, 5) is 25.3. The minimum absolute atomic E-state index is 0.137. The highest BCUT2D eigenvalue weighted by Crippen LogP contribution is 2.36. The van der Waals surface area contributed by atoms with Crippen molar-refractivity contribution in [3.05, 3.63) is 149 Å². The third kappa shape index (κ3) is 9.10. The van der Waals surface area contributed by atoms with E-state index in [2.05, 4.69) is 104 Å². The largest absolute Gasteiger partial charge is 0.514 e. The standard InChI is InChI=1S/C41H41NO5/c1-29-8-18-35(19-9-29)42(36-20-10-30(2)11-21-36)37-22-12-32(13-23-37)6-5-7-40(33-14-24-38(45-4)25-15-33)34-16-26-39(27-17-34)47-41(44)46-28-31(3)43/h8-27,40H,5-7,28H2,1-4H3. The monoisotopic (exact) mass is 627 g/mol. The molecule has 5 aromatic rings. The van der Waals surface area contributed by atoms with Crippen LogP contribution in [0, 0.1) is 13.8 Å². The first-order valence-electron chi connectivity index (χ1n) is 15.9. The molecule has 0 amide bonds. The minimum Gasteiger partial charge on any atom is -0.497 e. The molecule has 0 radical (unpaired) electrons. The maximum Gasteiger partial charge on any atom is 0.514 e. The smallest absolute Gasteiger partial charge is 0.497 e. The van der Waals surface area contributed by atoms with Crippen LogP contribution in [0.1, 0.15) is 53.5 Å². The molecule has 1 atom stereocenters. The van der Waals surface area contributed by atoms with Crippen molar-refractivity contribution in [2.45, 2.75) is 46.0 Å². The average molecular weight is 628 g/mol. The lowest BCUT2D eigenvalue weighted by Crippen LogP contribution is -2.15. The van der Waals surface area contributed by atoms with Gasteiger partial charge < -0.3 is 19.1 Å². The number of hydrogen-bond donors (Lipinski definition) is 0. The van der Waals surface area contributed by atoms with E-state index in [0.29, 0.717) is 5.75 Å². The van der Waals surface area contributed by atoms with Crippen LogP contribution in [0.15, 0.2) is 121 Å². The molecule has 47 heavy (non-hydrogen) atoms. The van der Waals surface area contributed by atoms with Crippen molar-refractivity contribution >= 4 is 29.0 Å². The summed E-state index contributed by atoms with van der Waals surface area (Å²) < 4.78 is 15.4. The summed E-state index contributed by atoms with van der Waals surface area (Å²) in [5, 5.41) is 0. The maximum absolute atomic E-state index is 11.9. The third-order valence-corrected chi connectivity index (χ3v) is 8.13. The molecule has 0 bridgehead atoms. The second kappa shape index (κ2) is 15.8. The van der Waals surface area contributed by atoms with E-state index >= 15 is 0 Å². The lowest BCUT2D eigenvalue weighted by Gasteiger charge is -2.26. The number of methoxy groups -OCH3 is 1. The van der Waals surface area contributed by atoms with E-state index in [0.717, 1.165) is 47.6 Å². The molecule has 240 valence electrons. The molecule has 0 saturated heterocycles. The van der Waals surface area contributed by atoms with Gasteiger partial charge >= 0.3 is 6.16 Å². The fourth-order valence-corrected chi connectivity index (χ4v) is 5.57. The number of carbonyl (C=O) groups is 2. The molecular formula is C41H41NO5. The Morgan fingerprint density at radius 2 is 1.11 bits per heavy atom.